The predicted octanol–water partition coefficient (Wildman–Crippen LogP) is 3.71. The van der Waals surface area contributed by atoms with E-state index in [1.807, 2.05) is 19.1 Å². The Kier molecular flexibility index (Phi) is 6.97. The highest BCUT2D eigenvalue weighted by Crippen LogP contribution is 2.27. The lowest BCUT2D eigenvalue weighted by Gasteiger charge is -2.07. The Labute approximate surface area is 153 Å². The summed E-state index contributed by atoms with van der Waals surface area (Å²) in [5, 5.41) is 0. The lowest BCUT2D eigenvalue weighted by atomic mass is 10.1. The summed E-state index contributed by atoms with van der Waals surface area (Å²) in [7, 11) is 3.09. The lowest BCUT2D eigenvalue weighted by Crippen LogP contribution is -2.12. The van der Waals surface area contributed by atoms with Crippen molar-refractivity contribution in [1.29, 1.82) is 0 Å². The van der Waals surface area contributed by atoms with Gasteiger partial charge in [0.25, 0.3) is 0 Å². The monoisotopic (exact) mass is 354 g/mol. The van der Waals surface area contributed by atoms with Crippen LogP contribution >= 0.6 is 0 Å². The molecule has 2 rings (SSSR count). The van der Waals surface area contributed by atoms with E-state index in [-0.39, 0.29) is 12.4 Å². The van der Waals surface area contributed by atoms with E-state index in [0.29, 0.717) is 17.1 Å². The summed E-state index contributed by atoms with van der Waals surface area (Å²) in [5.74, 6) is 0.347. The van der Waals surface area contributed by atoms with Crippen molar-refractivity contribution in [3.63, 3.8) is 0 Å². The molecule has 136 valence electrons. The molecule has 0 unspecified atom stereocenters. The van der Waals surface area contributed by atoms with Crippen molar-refractivity contribution in [2.45, 2.75) is 13.3 Å². The van der Waals surface area contributed by atoms with E-state index in [1.165, 1.54) is 13.2 Å². The van der Waals surface area contributed by atoms with Crippen LogP contribution in [0, 0.1) is 0 Å². The third-order valence-corrected chi connectivity index (χ3v) is 3.85. The van der Waals surface area contributed by atoms with Gasteiger partial charge in [-0.1, -0.05) is 37.3 Å². The van der Waals surface area contributed by atoms with E-state index in [4.69, 9.17) is 14.2 Å². The third kappa shape index (κ3) is 5.21. The van der Waals surface area contributed by atoms with Crippen LogP contribution in [0.4, 0.5) is 0 Å². The Balaban J connectivity index is 1.91. The zero-order valence-corrected chi connectivity index (χ0v) is 15.2. The maximum absolute atomic E-state index is 12.0. The zero-order chi connectivity index (χ0) is 18.9. The normalized spacial score (nSPS) is 10.6. The summed E-state index contributed by atoms with van der Waals surface area (Å²) >= 11 is 0. The van der Waals surface area contributed by atoms with Gasteiger partial charge in [0.15, 0.2) is 23.9 Å². The van der Waals surface area contributed by atoms with Crippen molar-refractivity contribution in [3.8, 4) is 11.5 Å². The molecule has 5 heteroatoms. The molecular weight excluding hydrogens is 332 g/mol. The van der Waals surface area contributed by atoms with E-state index >= 15 is 0 Å². The van der Waals surface area contributed by atoms with Crippen molar-refractivity contribution in [2.75, 3.05) is 20.8 Å². The van der Waals surface area contributed by atoms with Crippen LogP contribution in [0.3, 0.4) is 0 Å². The smallest absolute Gasteiger partial charge is 0.331 e. The molecule has 0 saturated heterocycles. The topological polar surface area (TPSA) is 61.8 Å². The van der Waals surface area contributed by atoms with E-state index in [9.17, 15) is 9.59 Å². The third-order valence-electron chi connectivity index (χ3n) is 3.85. The molecule has 0 aliphatic carbocycles. The summed E-state index contributed by atoms with van der Waals surface area (Å²) < 4.78 is 15.4. The highest BCUT2D eigenvalue weighted by molar-refractivity contribution is 5.98. The van der Waals surface area contributed by atoms with E-state index in [0.717, 1.165) is 17.5 Å². The molecule has 0 N–H and O–H groups in total. The number of hydrogen-bond acceptors (Lipinski definition) is 5. The molecule has 0 amide bonds. The minimum absolute atomic E-state index is 0.236. The van der Waals surface area contributed by atoms with Crippen LogP contribution in [-0.2, 0) is 16.0 Å². The van der Waals surface area contributed by atoms with Crippen LogP contribution in [0.2, 0.25) is 0 Å². The number of rotatable bonds is 8. The summed E-state index contributed by atoms with van der Waals surface area (Å²) in [6.45, 7) is 1.75. The van der Waals surface area contributed by atoms with Gasteiger partial charge in [0.05, 0.1) is 14.2 Å². The van der Waals surface area contributed by atoms with Gasteiger partial charge in [0.2, 0.25) is 0 Å². The molecule has 0 spiro atoms. The second-order valence-corrected chi connectivity index (χ2v) is 5.53. The molecule has 0 radical (unpaired) electrons. The maximum atomic E-state index is 12.0. The average Bonchev–Trinajstić information content (AvgIpc) is 2.70. The summed E-state index contributed by atoms with van der Waals surface area (Å²) in [4.78, 5) is 23.9. The number of aryl methyl sites for hydroxylation is 1. The van der Waals surface area contributed by atoms with Gasteiger partial charge in [0.1, 0.15) is 0 Å². The summed E-state index contributed by atoms with van der Waals surface area (Å²) in [6.07, 6.45) is 3.77. The molecule has 0 heterocycles. The minimum Gasteiger partial charge on any atom is -0.493 e. The average molecular weight is 354 g/mol. The molecule has 2 aromatic carbocycles. The Hall–Kier alpha value is -3.08. The first-order valence-electron chi connectivity index (χ1n) is 8.26. The lowest BCUT2D eigenvalue weighted by molar-refractivity contribution is -0.136. The molecule has 0 bridgehead atoms. The first-order valence-corrected chi connectivity index (χ1v) is 8.26. The molecule has 5 nitrogen and oxygen atoms in total. The van der Waals surface area contributed by atoms with Crippen LogP contribution in [0.25, 0.3) is 6.08 Å². The van der Waals surface area contributed by atoms with Gasteiger partial charge in [0, 0.05) is 11.6 Å². The SMILES string of the molecule is CCc1ccc(C(=O)COC(=O)/C=C/c2ccc(OC)c(OC)c2)cc1. The number of methoxy groups -OCH3 is 2. The van der Waals surface area contributed by atoms with Gasteiger partial charge in [-0.15, -0.1) is 0 Å². The quantitative estimate of drug-likeness (QED) is 0.411. The fourth-order valence-electron chi connectivity index (χ4n) is 2.32. The molecule has 2 aromatic rings. The minimum atomic E-state index is -0.585. The molecule has 0 aliphatic rings. The van der Waals surface area contributed by atoms with Crippen LogP contribution < -0.4 is 9.47 Å². The summed E-state index contributed by atoms with van der Waals surface area (Å²) in [6, 6.07) is 12.5. The van der Waals surface area contributed by atoms with Gasteiger partial charge in [-0.25, -0.2) is 4.79 Å². The Morgan fingerprint density at radius 3 is 2.27 bits per heavy atom. The fraction of sp³-hybridized carbons (Fsp3) is 0.238. The Morgan fingerprint density at radius 1 is 0.962 bits per heavy atom. The second-order valence-electron chi connectivity index (χ2n) is 5.53. The van der Waals surface area contributed by atoms with Crippen molar-refractivity contribution in [2.24, 2.45) is 0 Å². The van der Waals surface area contributed by atoms with E-state index in [2.05, 4.69) is 0 Å². The van der Waals surface area contributed by atoms with Gasteiger partial charge in [-0.05, 0) is 35.8 Å². The van der Waals surface area contributed by atoms with Crippen LogP contribution in [0.15, 0.2) is 48.5 Å². The first kappa shape index (κ1) is 19.2. The fourth-order valence-corrected chi connectivity index (χ4v) is 2.32. The Morgan fingerprint density at radius 2 is 1.65 bits per heavy atom. The van der Waals surface area contributed by atoms with Gasteiger partial charge < -0.3 is 14.2 Å². The Bertz CT molecular complexity index is 791. The standard InChI is InChI=1S/C21H22O5/c1-4-15-5-9-17(10-6-15)18(22)14-26-21(23)12-8-16-7-11-19(24-2)20(13-16)25-3/h5-13H,4,14H2,1-3H3/b12-8+. The number of esters is 1. The number of carbonyl (C=O) groups is 2. The van der Waals surface area contributed by atoms with Gasteiger partial charge in [-0.2, -0.15) is 0 Å². The van der Waals surface area contributed by atoms with Gasteiger partial charge >= 0.3 is 5.97 Å². The highest BCUT2D eigenvalue weighted by Gasteiger charge is 2.08. The molecule has 0 fully saturated rings. The van der Waals surface area contributed by atoms with E-state index < -0.39 is 5.97 Å². The number of Topliss-reactive ketones (excluding diaryl/α,β-unsaturated/α-hetero) is 1. The molecule has 26 heavy (non-hydrogen) atoms. The van der Waals surface area contributed by atoms with Crippen LogP contribution in [0.1, 0.15) is 28.4 Å². The number of carbonyl (C=O) groups excluding carboxylic acids is 2. The second kappa shape index (κ2) is 9.42. The molecule has 0 saturated carbocycles. The number of ketones is 1. The van der Waals surface area contributed by atoms with Gasteiger partial charge in [-0.3, -0.25) is 4.79 Å². The van der Waals surface area contributed by atoms with Crippen molar-refractivity contribution in [3.05, 3.63) is 65.2 Å². The van der Waals surface area contributed by atoms with E-state index in [1.54, 1.807) is 43.5 Å². The zero-order valence-electron chi connectivity index (χ0n) is 15.2. The molecule has 0 aliphatic heterocycles. The predicted molar refractivity (Wildman–Crippen MR) is 99.7 cm³/mol. The highest BCUT2D eigenvalue weighted by atomic mass is 16.5. The van der Waals surface area contributed by atoms with Crippen molar-refractivity contribution >= 4 is 17.8 Å². The first-order chi connectivity index (χ1) is 12.6. The maximum Gasteiger partial charge on any atom is 0.331 e. The number of benzene rings is 2. The van der Waals surface area contributed by atoms with Crippen molar-refractivity contribution in [1.82, 2.24) is 0 Å². The van der Waals surface area contributed by atoms with Crippen LogP contribution in [-0.4, -0.2) is 32.6 Å². The number of hydrogen-bond donors (Lipinski definition) is 0. The molecule has 0 aromatic heterocycles. The summed E-state index contributed by atoms with van der Waals surface area (Å²) in [5.41, 5.74) is 2.43. The largest absolute Gasteiger partial charge is 0.493 e. The number of ether oxygens (including phenoxy) is 3. The van der Waals surface area contributed by atoms with Crippen LogP contribution in [0.5, 0.6) is 11.5 Å². The molecular formula is C21H22O5. The van der Waals surface area contributed by atoms with Crippen molar-refractivity contribution < 1.29 is 23.8 Å². The molecule has 0 atom stereocenters.